The SMILES string of the molecule is CN(CC1CCN(C2CCC2)CC1)C(=O)C(C)(C)C. The van der Waals surface area contributed by atoms with Crippen LogP contribution in [0.15, 0.2) is 0 Å². The summed E-state index contributed by atoms with van der Waals surface area (Å²) in [7, 11) is 1.96. The summed E-state index contributed by atoms with van der Waals surface area (Å²) in [5, 5.41) is 0. The Hall–Kier alpha value is -0.570. The minimum absolute atomic E-state index is 0.249. The summed E-state index contributed by atoms with van der Waals surface area (Å²) in [6.45, 7) is 9.44. The number of amides is 1. The lowest BCUT2D eigenvalue weighted by molar-refractivity contribution is -0.138. The van der Waals surface area contributed by atoms with E-state index in [9.17, 15) is 4.79 Å². The molecule has 2 rings (SSSR count). The molecule has 0 N–H and O–H groups in total. The summed E-state index contributed by atoms with van der Waals surface area (Å²) in [6, 6.07) is 0.884. The largest absolute Gasteiger partial charge is 0.345 e. The lowest BCUT2D eigenvalue weighted by atomic mass is 9.87. The molecular weight excluding hydrogens is 236 g/mol. The Balaban J connectivity index is 1.74. The Bertz CT molecular complexity index is 309. The smallest absolute Gasteiger partial charge is 0.227 e. The molecule has 0 atom stereocenters. The third kappa shape index (κ3) is 3.71. The maximum Gasteiger partial charge on any atom is 0.227 e. The third-order valence-electron chi connectivity index (χ3n) is 4.76. The third-order valence-corrected chi connectivity index (χ3v) is 4.76. The van der Waals surface area contributed by atoms with E-state index in [1.165, 1.54) is 45.2 Å². The highest BCUT2D eigenvalue weighted by molar-refractivity contribution is 5.81. The second kappa shape index (κ2) is 5.82. The van der Waals surface area contributed by atoms with Crippen molar-refractivity contribution in [3.8, 4) is 0 Å². The van der Waals surface area contributed by atoms with Gasteiger partial charge in [-0.15, -0.1) is 0 Å². The van der Waals surface area contributed by atoms with Gasteiger partial charge in [0.05, 0.1) is 0 Å². The maximum absolute atomic E-state index is 12.2. The molecule has 3 heteroatoms. The molecule has 110 valence electrons. The summed E-state index contributed by atoms with van der Waals surface area (Å²) in [5.41, 5.74) is -0.249. The van der Waals surface area contributed by atoms with Gasteiger partial charge in [-0.3, -0.25) is 4.79 Å². The molecule has 1 heterocycles. The summed E-state index contributed by atoms with van der Waals surface area (Å²) >= 11 is 0. The highest BCUT2D eigenvalue weighted by Crippen LogP contribution is 2.29. The Labute approximate surface area is 118 Å². The zero-order chi connectivity index (χ0) is 14.0. The van der Waals surface area contributed by atoms with Gasteiger partial charge in [-0.2, -0.15) is 0 Å². The van der Waals surface area contributed by atoms with Crippen molar-refractivity contribution >= 4 is 5.91 Å². The maximum atomic E-state index is 12.2. The van der Waals surface area contributed by atoms with Crippen LogP contribution in [0.4, 0.5) is 0 Å². The number of hydrogen-bond donors (Lipinski definition) is 0. The molecule has 0 aromatic rings. The topological polar surface area (TPSA) is 23.6 Å². The highest BCUT2D eigenvalue weighted by Gasteiger charge is 2.31. The van der Waals surface area contributed by atoms with Crippen LogP contribution in [0.25, 0.3) is 0 Å². The molecular formula is C16H30N2O. The van der Waals surface area contributed by atoms with E-state index in [1.54, 1.807) is 0 Å². The fourth-order valence-corrected chi connectivity index (χ4v) is 3.30. The second-order valence-electron chi connectivity index (χ2n) is 7.50. The quantitative estimate of drug-likeness (QED) is 0.784. The molecule has 19 heavy (non-hydrogen) atoms. The fraction of sp³-hybridized carbons (Fsp3) is 0.938. The van der Waals surface area contributed by atoms with Crippen molar-refractivity contribution in [2.45, 2.75) is 58.9 Å². The van der Waals surface area contributed by atoms with E-state index >= 15 is 0 Å². The van der Waals surface area contributed by atoms with Gasteiger partial charge in [-0.05, 0) is 44.7 Å². The standard InChI is InChI=1S/C16H30N2O/c1-16(2,3)15(19)17(4)12-13-8-10-18(11-9-13)14-6-5-7-14/h13-14H,5-12H2,1-4H3. The highest BCUT2D eigenvalue weighted by atomic mass is 16.2. The van der Waals surface area contributed by atoms with Crippen molar-refractivity contribution in [1.29, 1.82) is 0 Å². The van der Waals surface area contributed by atoms with Gasteiger partial charge in [0.15, 0.2) is 0 Å². The first-order valence-corrected chi connectivity index (χ1v) is 7.87. The minimum atomic E-state index is -0.249. The minimum Gasteiger partial charge on any atom is -0.345 e. The lowest BCUT2D eigenvalue weighted by Gasteiger charge is -2.42. The molecule has 0 bridgehead atoms. The number of hydrogen-bond acceptors (Lipinski definition) is 2. The van der Waals surface area contributed by atoms with E-state index in [1.807, 2.05) is 32.7 Å². The first-order valence-electron chi connectivity index (χ1n) is 7.87. The molecule has 1 aliphatic carbocycles. The lowest BCUT2D eigenvalue weighted by Crippen LogP contribution is -2.47. The zero-order valence-electron chi connectivity index (χ0n) is 13.1. The molecule has 1 saturated heterocycles. The van der Waals surface area contributed by atoms with Crippen LogP contribution in [0.5, 0.6) is 0 Å². The van der Waals surface area contributed by atoms with Crippen molar-refractivity contribution in [2.24, 2.45) is 11.3 Å². The zero-order valence-corrected chi connectivity index (χ0v) is 13.1. The van der Waals surface area contributed by atoms with Crippen LogP contribution in [0.2, 0.25) is 0 Å². The number of rotatable bonds is 3. The summed E-state index contributed by atoms with van der Waals surface area (Å²) < 4.78 is 0. The molecule has 2 aliphatic rings. The first kappa shape index (κ1) is 14.8. The van der Waals surface area contributed by atoms with Gasteiger partial charge in [-0.25, -0.2) is 0 Å². The summed E-state index contributed by atoms with van der Waals surface area (Å²) in [4.78, 5) is 16.8. The number of carbonyl (C=O) groups excluding carboxylic acids is 1. The van der Waals surface area contributed by atoms with Crippen molar-refractivity contribution in [3.05, 3.63) is 0 Å². The molecule has 1 saturated carbocycles. The number of nitrogens with zero attached hydrogens (tertiary/aromatic N) is 2. The van der Waals surface area contributed by atoms with Crippen molar-refractivity contribution in [1.82, 2.24) is 9.80 Å². The van der Waals surface area contributed by atoms with Gasteiger partial charge in [0.2, 0.25) is 5.91 Å². The van der Waals surface area contributed by atoms with Gasteiger partial charge in [-0.1, -0.05) is 27.2 Å². The van der Waals surface area contributed by atoms with Crippen molar-refractivity contribution in [2.75, 3.05) is 26.7 Å². The average Bonchev–Trinajstić information content (AvgIpc) is 2.27. The number of likely N-dealkylation sites (tertiary alicyclic amines) is 1. The van der Waals surface area contributed by atoms with E-state index < -0.39 is 0 Å². The molecule has 1 amide bonds. The summed E-state index contributed by atoms with van der Waals surface area (Å²) in [6.07, 6.45) is 6.77. The Morgan fingerprint density at radius 3 is 2.16 bits per heavy atom. The van der Waals surface area contributed by atoms with Gasteiger partial charge >= 0.3 is 0 Å². The normalized spacial score (nSPS) is 23.2. The first-order chi connectivity index (χ1) is 8.88. The number of carbonyl (C=O) groups is 1. The number of piperidine rings is 1. The second-order valence-corrected chi connectivity index (χ2v) is 7.50. The van der Waals surface area contributed by atoms with E-state index in [-0.39, 0.29) is 11.3 Å². The van der Waals surface area contributed by atoms with Crippen molar-refractivity contribution in [3.63, 3.8) is 0 Å². The van der Waals surface area contributed by atoms with Crippen LogP contribution in [-0.4, -0.2) is 48.4 Å². The predicted molar refractivity (Wildman–Crippen MR) is 79.0 cm³/mol. The summed E-state index contributed by atoms with van der Waals surface area (Å²) in [5.74, 6) is 0.974. The monoisotopic (exact) mass is 266 g/mol. The molecule has 0 spiro atoms. The predicted octanol–water partition coefficient (Wildman–Crippen LogP) is 2.76. The van der Waals surface area contributed by atoms with Crippen LogP contribution < -0.4 is 0 Å². The van der Waals surface area contributed by atoms with Gasteiger partial charge in [0, 0.05) is 25.0 Å². The van der Waals surface area contributed by atoms with Gasteiger partial charge in [0.1, 0.15) is 0 Å². The molecule has 0 aromatic heterocycles. The molecule has 0 unspecified atom stereocenters. The molecule has 0 aromatic carbocycles. The molecule has 1 aliphatic heterocycles. The van der Waals surface area contributed by atoms with Crippen LogP contribution >= 0.6 is 0 Å². The average molecular weight is 266 g/mol. The van der Waals surface area contributed by atoms with Gasteiger partial charge < -0.3 is 9.80 Å². The fourth-order valence-electron chi connectivity index (χ4n) is 3.30. The molecule has 3 nitrogen and oxygen atoms in total. The van der Waals surface area contributed by atoms with E-state index in [2.05, 4.69) is 4.90 Å². The Morgan fingerprint density at radius 1 is 1.16 bits per heavy atom. The van der Waals surface area contributed by atoms with E-state index in [0.717, 1.165) is 12.6 Å². The van der Waals surface area contributed by atoms with Crippen molar-refractivity contribution < 1.29 is 4.79 Å². The Morgan fingerprint density at radius 2 is 1.74 bits per heavy atom. The molecule has 2 fully saturated rings. The van der Waals surface area contributed by atoms with Crippen LogP contribution in [0.3, 0.4) is 0 Å². The van der Waals surface area contributed by atoms with E-state index in [4.69, 9.17) is 0 Å². The molecule has 0 radical (unpaired) electrons. The van der Waals surface area contributed by atoms with Gasteiger partial charge in [0.25, 0.3) is 0 Å². The Kier molecular flexibility index (Phi) is 4.54. The van der Waals surface area contributed by atoms with E-state index in [0.29, 0.717) is 5.92 Å². The van der Waals surface area contributed by atoms with Crippen LogP contribution in [-0.2, 0) is 4.79 Å². The van der Waals surface area contributed by atoms with Crippen LogP contribution in [0, 0.1) is 11.3 Å². The van der Waals surface area contributed by atoms with Crippen LogP contribution in [0.1, 0.15) is 52.9 Å².